The first kappa shape index (κ1) is 41.5. The lowest BCUT2D eigenvalue weighted by Gasteiger charge is -2.41. The van der Waals surface area contributed by atoms with E-state index < -0.39 is 74.2 Å². The molecule has 2 heterocycles. The summed E-state index contributed by atoms with van der Waals surface area (Å²) in [5.41, 5.74) is -0.950. The molecule has 0 spiro atoms. The Labute approximate surface area is 305 Å². The molecule has 0 aromatic heterocycles. The van der Waals surface area contributed by atoms with Crippen molar-refractivity contribution in [2.24, 2.45) is 11.8 Å². The second kappa shape index (κ2) is 17.7. The van der Waals surface area contributed by atoms with Crippen LogP contribution in [0.15, 0.2) is 0 Å². The third kappa shape index (κ3) is 11.1. The Morgan fingerprint density at radius 3 is 2.22 bits per heavy atom. The molecule has 51 heavy (non-hydrogen) atoms. The Morgan fingerprint density at radius 1 is 0.961 bits per heavy atom. The zero-order valence-corrected chi connectivity index (χ0v) is 32.6. The van der Waals surface area contributed by atoms with Crippen LogP contribution in [-0.4, -0.2) is 108 Å². The molecule has 2 aliphatic carbocycles. The van der Waals surface area contributed by atoms with E-state index in [1.807, 2.05) is 13.8 Å². The molecular formula is C37H65N5O8S. The average Bonchev–Trinajstić information content (AvgIpc) is 3.74. The Kier molecular flexibility index (Phi) is 14.4. The molecule has 2 saturated carbocycles. The molecule has 0 aromatic carbocycles. The van der Waals surface area contributed by atoms with E-state index in [1.54, 1.807) is 32.6 Å². The lowest BCUT2D eigenvalue weighted by atomic mass is 9.83. The lowest BCUT2D eigenvalue weighted by molar-refractivity contribution is -0.142. The smallest absolute Gasteiger partial charge is 0.315 e. The first-order chi connectivity index (χ1) is 23.9. The van der Waals surface area contributed by atoms with Crippen molar-refractivity contribution in [3.05, 3.63) is 0 Å². The van der Waals surface area contributed by atoms with Crippen molar-refractivity contribution in [1.82, 2.24) is 26.2 Å². The number of carbonyl (C=O) groups excluding carboxylic acids is 4. The molecule has 14 heteroatoms. The predicted octanol–water partition coefficient (Wildman–Crippen LogP) is 3.33. The number of urea groups is 1. The van der Waals surface area contributed by atoms with Crippen molar-refractivity contribution < 1.29 is 37.4 Å². The minimum Gasteiger partial charge on any atom is -0.376 e. The van der Waals surface area contributed by atoms with E-state index in [0.29, 0.717) is 45.3 Å². The molecule has 292 valence electrons. The second-order valence-electron chi connectivity index (χ2n) is 16.9. The Balaban J connectivity index is 1.60. The van der Waals surface area contributed by atoms with Gasteiger partial charge in [-0.05, 0) is 84.5 Å². The monoisotopic (exact) mass is 739 g/mol. The van der Waals surface area contributed by atoms with Crippen molar-refractivity contribution in [2.75, 3.05) is 18.9 Å². The van der Waals surface area contributed by atoms with Crippen LogP contribution in [0, 0.1) is 11.8 Å². The summed E-state index contributed by atoms with van der Waals surface area (Å²) in [5, 5.41) is 23.8. The first-order valence-corrected chi connectivity index (χ1v) is 21.1. The molecule has 4 fully saturated rings. The normalized spacial score (nSPS) is 30.5. The molecule has 0 bridgehead atoms. The van der Waals surface area contributed by atoms with Gasteiger partial charge in [-0.15, -0.1) is 0 Å². The Morgan fingerprint density at radius 2 is 1.59 bits per heavy atom. The van der Waals surface area contributed by atoms with E-state index in [1.165, 1.54) is 0 Å². The number of aliphatic hydroxyl groups excluding tert-OH is 1. The number of nitrogens with one attached hydrogen (secondary N) is 4. The number of nitrogens with zero attached hydrogens (tertiary/aromatic N) is 1. The van der Waals surface area contributed by atoms with E-state index in [0.717, 1.165) is 57.8 Å². The zero-order valence-electron chi connectivity index (χ0n) is 31.8. The molecule has 13 nitrogen and oxygen atoms in total. The summed E-state index contributed by atoms with van der Waals surface area (Å²) in [6.45, 7) is 11.6. The molecule has 0 radical (unpaired) electrons. The van der Waals surface area contributed by atoms with Crippen molar-refractivity contribution in [3.8, 4) is 0 Å². The topological polar surface area (TPSA) is 183 Å². The highest BCUT2D eigenvalue weighted by Gasteiger charge is 2.48. The largest absolute Gasteiger partial charge is 0.376 e. The quantitative estimate of drug-likeness (QED) is 0.233. The fourth-order valence-electron chi connectivity index (χ4n) is 7.89. The van der Waals surface area contributed by atoms with Gasteiger partial charge < -0.3 is 31.1 Å². The number of ether oxygens (including phenoxy) is 1. The van der Waals surface area contributed by atoms with E-state index >= 15 is 0 Å². The Hall–Kier alpha value is -2.29. The number of Topliss-reactive ketones (excluding diaryl/α,β-unsaturated/α-hetero) is 1. The molecule has 2 saturated heterocycles. The van der Waals surface area contributed by atoms with Crippen LogP contribution in [0.25, 0.3) is 0 Å². The van der Waals surface area contributed by atoms with Gasteiger partial charge in [-0.2, -0.15) is 0 Å². The van der Waals surface area contributed by atoms with Gasteiger partial charge >= 0.3 is 6.03 Å². The maximum Gasteiger partial charge on any atom is 0.315 e. The number of fused-ring (bicyclic) bond motifs is 1. The average molecular weight is 740 g/mol. The van der Waals surface area contributed by atoms with E-state index in [2.05, 4.69) is 21.3 Å². The van der Waals surface area contributed by atoms with Crippen LogP contribution in [0.2, 0.25) is 0 Å². The van der Waals surface area contributed by atoms with Gasteiger partial charge in [0.2, 0.25) is 11.7 Å². The van der Waals surface area contributed by atoms with Crippen LogP contribution in [0.1, 0.15) is 131 Å². The van der Waals surface area contributed by atoms with Crippen molar-refractivity contribution in [1.29, 1.82) is 0 Å². The van der Waals surface area contributed by atoms with Crippen molar-refractivity contribution in [2.45, 2.75) is 178 Å². The number of hydrogen-bond donors (Lipinski definition) is 5. The number of sulfone groups is 1. The number of ketones is 1. The first-order valence-electron chi connectivity index (χ1n) is 19.5. The zero-order chi connectivity index (χ0) is 37.6. The van der Waals surface area contributed by atoms with Crippen LogP contribution in [0.3, 0.4) is 0 Å². The third-order valence-corrected chi connectivity index (χ3v) is 14.2. The fraction of sp³-hybridized carbons (Fsp3) is 0.892. The van der Waals surface area contributed by atoms with Crippen LogP contribution in [0.4, 0.5) is 4.79 Å². The van der Waals surface area contributed by atoms with E-state index in [9.17, 15) is 32.7 Å². The van der Waals surface area contributed by atoms with Crippen LogP contribution >= 0.6 is 0 Å². The number of rotatable bonds is 8. The third-order valence-electron chi connectivity index (χ3n) is 11.4. The standard InChI is InChI=1S/C37H65N5O8S/c1-24(2)27-18-21-42-30(27)32(44)39-28(31(43)33(45)38-26-16-17-26)15-11-8-7-9-14-22-50-25(3)29(34(42)46)40-35(47)41-37(19-12-10-13-20-37)23-51(48,49)36(4,5)6/h24-30,34,46H,7-23H2,1-6H3,(H,38,45)(H,39,44)(H2,40,41,47)/t25-,27+,28-,29-,30-,34?/m0/s1. The summed E-state index contributed by atoms with van der Waals surface area (Å²) in [6, 6.07) is -3.36. The minimum atomic E-state index is -3.56. The molecule has 4 rings (SSSR count). The van der Waals surface area contributed by atoms with E-state index in [4.69, 9.17) is 4.74 Å². The molecule has 0 aromatic rings. The maximum absolute atomic E-state index is 14.2. The maximum atomic E-state index is 14.2. The number of amides is 4. The molecule has 4 aliphatic rings. The minimum absolute atomic E-state index is 0.0101. The lowest BCUT2D eigenvalue weighted by Crippen LogP contribution is -2.65. The highest BCUT2D eigenvalue weighted by atomic mass is 32.2. The molecule has 2 aliphatic heterocycles. The predicted molar refractivity (Wildman–Crippen MR) is 195 cm³/mol. The Bertz CT molecular complexity index is 1320. The van der Waals surface area contributed by atoms with Gasteiger partial charge in [-0.1, -0.05) is 58.8 Å². The van der Waals surface area contributed by atoms with E-state index in [-0.39, 0.29) is 23.6 Å². The number of carbonyl (C=O) groups is 4. The fourth-order valence-corrected chi connectivity index (χ4v) is 9.41. The molecule has 5 N–H and O–H groups in total. The van der Waals surface area contributed by atoms with Crippen LogP contribution < -0.4 is 21.3 Å². The van der Waals surface area contributed by atoms with Gasteiger partial charge in [0.05, 0.1) is 40.3 Å². The summed E-state index contributed by atoms with van der Waals surface area (Å²) >= 11 is 0. The second-order valence-corrected chi connectivity index (χ2v) is 19.7. The highest BCUT2D eigenvalue weighted by molar-refractivity contribution is 7.92. The molecular weight excluding hydrogens is 675 g/mol. The summed E-state index contributed by atoms with van der Waals surface area (Å²) in [4.78, 5) is 56.0. The summed E-state index contributed by atoms with van der Waals surface area (Å²) in [6.07, 6.45) is 8.26. The van der Waals surface area contributed by atoms with Gasteiger partial charge in [-0.3, -0.25) is 19.3 Å². The van der Waals surface area contributed by atoms with Gasteiger partial charge in [0.15, 0.2) is 9.84 Å². The SMILES string of the molecule is CC(C)[C@H]1CCN2C(O)[C@@H](NC(=O)NC3(CS(=O)(=O)C(C)(C)C)CCCCC3)[C@H](C)OCCCCCCC[C@@H](C(=O)C(=O)NC3CC3)NC(=O)[C@H]12. The van der Waals surface area contributed by atoms with Gasteiger partial charge in [-0.25, -0.2) is 13.2 Å². The van der Waals surface area contributed by atoms with Gasteiger partial charge in [0.1, 0.15) is 6.23 Å². The van der Waals surface area contributed by atoms with Crippen molar-refractivity contribution >= 4 is 33.5 Å². The molecule has 6 atom stereocenters. The molecule has 1 unspecified atom stereocenters. The highest BCUT2D eigenvalue weighted by Crippen LogP contribution is 2.35. The van der Waals surface area contributed by atoms with Gasteiger partial charge in [0, 0.05) is 19.2 Å². The summed E-state index contributed by atoms with van der Waals surface area (Å²) in [7, 11) is -3.56. The van der Waals surface area contributed by atoms with Crippen molar-refractivity contribution in [3.63, 3.8) is 0 Å². The molecule has 4 amide bonds. The summed E-state index contributed by atoms with van der Waals surface area (Å²) in [5.74, 6) is -2.03. The summed E-state index contributed by atoms with van der Waals surface area (Å²) < 4.78 is 32.0. The number of hydrogen-bond acceptors (Lipinski definition) is 9. The van der Waals surface area contributed by atoms with Crippen LogP contribution in [0.5, 0.6) is 0 Å². The van der Waals surface area contributed by atoms with Gasteiger partial charge in [0.25, 0.3) is 5.91 Å². The van der Waals surface area contributed by atoms with Crippen LogP contribution in [-0.2, 0) is 29.0 Å². The number of aliphatic hydroxyl groups is 1.